The Balaban J connectivity index is 3.52. The monoisotopic (exact) mass is 191 g/mol. The third-order valence-electron chi connectivity index (χ3n) is 1.52. The number of nitrogens with zero attached hydrogens (tertiary/aromatic N) is 2. The van der Waals surface area contributed by atoms with Gasteiger partial charge in [-0.2, -0.15) is 5.53 Å². The van der Waals surface area contributed by atoms with Crippen LogP contribution in [-0.2, 0) is 0 Å². The molecule has 0 aromatic rings. The number of allylic oxidation sites excluding steroid dienone is 6. The highest BCUT2D eigenvalue weighted by Crippen LogP contribution is 1.94. The van der Waals surface area contributed by atoms with Gasteiger partial charge in [0.15, 0.2) is 0 Å². The van der Waals surface area contributed by atoms with E-state index in [-0.39, 0.29) is 0 Å². The lowest BCUT2D eigenvalue weighted by Crippen LogP contribution is -1.65. The van der Waals surface area contributed by atoms with E-state index in [0.29, 0.717) is 0 Å². The first-order valence-electron chi connectivity index (χ1n) is 4.80. The summed E-state index contributed by atoms with van der Waals surface area (Å²) in [4.78, 5) is 0. The van der Waals surface area contributed by atoms with Crippen molar-refractivity contribution in [2.75, 3.05) is 0 Å². The Labute approximate surface area is 85.4 Å². The summed E-state index contributed by atoms with van der Waals surface area (Å²) in [6.45, 7) is 2.18. The van der Waals surface area contributed by atoms with Crippen molar-refractivity contribution in [3.63, 3.8) is 0 Å². The van der Waals surface area contributed by atoms with Crippen molar-refractivity contribution in [2.45, 2.75) is 26.2 Å². The number of hydrogen-bond acceptors (Lipinski definition) is 2. The second-order valence-electron chi connectivity index (χ2n) is 2.70. The Morgan fingerprint density at radius 2 is 1.79 bits per heavy atom. The van der Waals surface area contributed by atoms with Crippen LogP contribution in [0.1, 0.15) is 26.2 Å². The zero-order valence-corrected chi connectivity index (χ0v) is 8.56. The van der Waals surface area contributed by atoms with Crippen LogP contribution in [-0.4, -0.2) is 6.21 Å². The van der Waals surface area contributed by atoms with Gasteiger partial charge in [0.1, 0.15) is 0 Å². The molecule has 0 radical (unpaired) electrons. The first kappa shape index (κ1) is 12.5. The highest BCUT2D eigenvalue weighted by molar-refractivity contribution is 5.71. The second kappa shape index (κ2) is 11.5. The van der Waals surface area contributed by atoms with Crippen LogP contribution >= 0.6 is 0 Å². The predicted molar refractivity (Wildman–Crippen MR) is 60.6 cm³/mol. The van der Waals surface area contributed by atoms with Crippen LogP contribution in [0.2, 0.25) is 0 Å². The highest BCUT2D eigenvalue weighted by Gasteiger charge is 1.74. The largest absolute Gasteiger partial charge is 0.185 e. The molecule has 0 rings (SSSR count). The smallest absolute Gasteiger partial charge is 0.0513 e. The molecule has 1 N–H and O–H groups in total. The Kier molecular flexibility index (Phi) is 10.3. The first-order chi connectivity index (χ1) is 6.91. The number of unbranched alkanes of at least 4 members (excludes halogenated alkanes) is 2. The molecule has 0 aromatic heterocycles. The lowest BCUT2D eigenvalue weighted by atomic mass is 10.2. The molecule has 0 saturated carbocycles. The molecule has 0 aliphatic heterocycles. The van der Waals surface area contributed by atoms with E-state index >= 15 is 0 Å². The van der Waals surface area contributed by atoms with Crippen LogP contribution in [0.4, 0.5) is 0 Å². The topological polar surface area (TPSA) is 48.6 Å². The van der Waals surface area contributed by atoms with Gasteiger partial charge in [0.25, 0.3) is 0 Å². The minimum Gasteiger partial charge on any atom is -0.185 e. The van der Waals surface area contributed by atoms with Gasteiger partial charge in [-0.25, -0.2) is 0 Å². The number of nitrogens with one attached hydrogen (secondary N) is 1. The SMILES string of the molecule is CCCC/C=C/C=C/C=C/C=N\N=N. The van der Waals surface area contributed by atoms with Gasteiger partial charge in [-0.05, 0) is 12.5 Å². The Morgan fingerprint density at radius 3 is 2.50 bits per heavy atom. The van der Waals surface area contributed by atoms with Gasteiger partial charge < -0.3 is 0 Å². The van der Waals surface area contributed by atoms with Gasteiger partial charge in [0.05, 0.1) is 6.21 Å². The minimum absolute atomic E-state index is 1.14. The maximum atomic E-state index is 6.38. The van der Waals surface area contributed by atoms with Crippen LogP contribution in [0.15, 0.2) is 46.8 Å². The van der Waals surface area contributed by atoms with Crippen LogP contribution in [0.5, 0.6) is 0 Å². The third-order valence-corrected chi connectivity index (χ3v) is 1.52. The Morgan fingerprint density at radius 1 is 1.07 bits per heavy atom. The molecule has 0 atom stereocenters. The molecule has 3 nitrogen and oxygen atoms in total. The molecular formula is C11H17N3. The quantitative estimate of drug-likeness (QED) is 0.209. The molecule has 0 amide bonds. The molecule has 0 aliphatic carbocycles. The molecule has 0 bridgehead atoms. The van der Waals surface area contributed by atoms with Gasteiger partial charge in [0, 0.05) is 0 Å². The molecule has 14 heavy (non-hydrogen) atoms. The lowest BCUT2D eigenvalue weighted by Gasteiger charge is -1.84. The van der Waals surface area contributed by atoms with E-state index in [0.717, 1.165) is 6.42 Å². The van der Waals surface area contributed by atoms with Crippen molar-refractivity contribution in [1.82, 2.24) is 0 Å². The fourth-order valence-electron chi connectivity index (χ4n) is 0.811. The summed E-state index contributed by atoms with van der Waals surface area (Å²) in [5, 5.41) is 6.19. The van der Waals surface area contributed by atoms with E-state index in [1.54, 1.807) is 6.08 Å². The fourth-order valence-corrected chi connectivity index (χ4v) is 0.811. The molecule has 0 saturated heterocycles. The van der Waals surface area contributed by atoms with Crippen molar-refractivity contribution < 1.29 is 0 Å². The van der Waals surface area contributed by atoms with Crippen LogP contribution < -0.4 is 0 Å². The molecule has 0 unspecified atom stereocenters. The molecule has 0 aromatic carbocycles. The molecule has 0 heterocycles. The maximum absolute atomic E-state index is 6.38. The second-order valence-corrected chi connectivity index (χ2v) is 2.70. The van der Waals surface area contributed by atoms with Gasteiger partial charge in [-0.3, -0.25) is 0 Å². The van der Waals surface area contributed by atoms with E-state index in [2.05, 4.69) is 23.3 Å². The van der Waals surface area contributed by atoms with Crippen molar-refractivity contribution in [1.29, 1.82) is 5.53 Å². The standard InChI is InChI=1S/C11H17N3/c1-2-3-4-5-6-7-8-9-10-11-13-14-12/h5-12H,2-4H2,1H3/b6-5+,8-7+,10-9+,13-11-,14-12?. The number of hydrogen-bond donors (Lipinski definition) is 1. The van der Waals surface area contributed by atoms with Crippen molar-refractivity contribution in [3.8, 4) is 0 Å². The van der Waals surface area contributed by atoms with Crippen molar-refractivity contribution in [2.24, 2.45) is 10.3 Å². The molecule has 0 spiro atoms. The van der Waals surface area contributed by atoms with E-state index in [1.165, 1.54) is 19.1 Å². The Hall–Kier alpha value is -1.51. The summed E-state index contributed by atoms with van der Waals surface area (Å²) in [6.07, 6.45) is 16.7. The van der Waals surface area contributed by atoms with Crippen LogP contribution in [0, 0.1) is 5.53 Å². The summed E-state index contributed by atoms with van der Waals surface area (Å²) in [5.41, 5.74) is 6.38. The summed E-state index contributed by atoms with van der Waals surface area (Å²) in [7, 11) is 0. The first-order valence-corrected chi connectivity index (χ1v) is 4.80. The zero-order valence-electron chi connectivity index (χ0n) is 8.56. The van der Waals surface area contributed by atoms with Crippen molar-refractivity contribution >= 4 is 6.21 Å². The third kappa shape index (κ3) is 10.5. The Bertz CT molecular complexity index is 237. The average Bonchev–Trinajstić information content (AvgIpc) is 2.21. The summed E-state index contributed by atoms with van der Waals surface area (Å²) in [5.74, 6) is 0. The number of rotatable bonds is 7. The highest BCUT2D eigenvalue weighted by atomic mass is 15.3. The van der Waals surface area contributed by atoms with E-state index < -0.39 is 0 Å². The van der Waals surface area contributed by atoms with E-state index in [1.807, 2.05) is 24.3 Å². The summed E-state index contributed by atoms with van der Waals surface area (Å²) in [6, 6.07) is 0. The van der Waals surface area contributed by atoms with Crippen LogP contribution in [0.25, 0.3) is 0 Å². The summed E-state index contributed by atoms with van der Waals surface area (Å²) < 4.78 is 0. The van der Waals surface area contributed by atoms with E-state index in [4.69, 9.17) is 5.53 Å². The normalized spacial score (nSPS) is 12.6. The van der Waals surface area contributed by atoms with Gasteiger partial charge in [-0.15, -0.1) is 5.10 Å². The molecular weight excluding hydrogens is 174 g/mol. The van der Waals surface area contributed by atoms with Gasteiger partial charge in [-0.1, -0.05) is 55.4 Å². The molecule has 0 aliphatic rings. The average molecular weight is 191 g/mol. The predicted octanol–water partition coefficient (Wildman–Crippen LogP) is 3.86. The summed E-state index contributed by atoms with van der Waals surface area (Å²) >= 11 is 0. The minimum atomic E-state index is 1.14. The lowest BCUT2D eigenvalue weighted by molar-refractivity contribution is 0.815. The van der Waals surface area contributed by atoms with Gasteiger partial charge >= 0.3 is 0 Å². The molecule has 3 heteroatoms. The zero-order chi connectivity index (χ0) is 10.5. The molecule has 0 fully saturated rings. The van der Waals surface area contributed by atoms with E-state index in [9.17, 15) is 0 Å². The van der Waals surface area contributed by atoms with Crippen molar-refractivity contribution in [3.05, 3.63) is 36.5 Å². The van der Waals surface area contributed by atoms with Gasteiger partial charge in [0.2, 0.25) is 0 Å². The maximum Gasteiger partial charge on any atom is 0.0513 e. The molecule has 76 valence electrons. The fraction of sp³-hybridized carbons (Fsp3) is 0.364. The van der Waals surface area contributed by atoms with Crippen LogP contribution in [0.3, 0.4) is 0 Å².